The number of fused-ring (bicyclic) bond motifs is 1. The Labute approximate surface area is 160 Å². The largest absolute Gasteiger partial charge is 0.325 e. The van der Waals surface area contributed by atoms with Gasteiger partial charge in [0.1, 0.15) is 0 Å². The molecule has 2 aliphatic rings. The van der Waals surface area contributed by atoms with Crippen LogP contribution in [0.4, 0.5) is 10.5 Å². The highest BCUT2D eigenvalue weighted by Gasteiger charge is 2.53. The van der Waals surface area contributed by atoms with Crippen molar-refractivity contribution in [3.8, 4) is 0 Å². The predicted molar refractivity (Wildman–Crippen MR) is 107 cm³/mol. The van der Waals surface area contributed by atoms with Crippen molar-refractivity contribution >= 4 is 21.6 Å². The van der Waals surface area contributed by atoms with Crippen molar-refractivity contribution in [2.75, 3.05) is 16.4 Å². The smallest absolute Gasteiger partial charge is 0.314 e. The molecule has 2 aromatic rings. The van der Waals surface area contributed by atoms with Crippen LogP contribution in [0.5, 0.6) is 0 Å². The Kier molecular flexibility index (Phi) is 4.26. The van der Waals surface area contributed by atoms with Crippen LogP contribution in [0.1, 0.15) is 22.3 Å². The highest BCUT2D eigenvalue weighted by atomic mass is 32.2. The van der Waals surface area contributed by atoms with Gasteiger partial charge in [-0.05, 0) is 49.6 Å². The van der Waals surface area contributed by atoms with Gasteiger partial charge in [-0.3, -0.25) is 4.90 Å². The molecule has 0 spiro atoms. The molecule has 4 rings (SSSR count). The lowest BCUT2D eigenvalue weighted by Crippen LogP contribution is -2.37. The maximum atomic E-state index is 13.3. The number of sulfone groups is 1. The van der Waals surface area contributed by atoms with E-state index >= 15 is 0 Å². The number of rotatable bonds is 3. The molecule has 2 fully saturated rings. The van der Waals surface area contributed by atoms with Gasteiger partial charge in [0.15, 0.2) is 9.84 Å². The molecule has 0 aliphatic carbocycles. The molecule has 0 unspecified atom stereocenters. The number of aryl methyl sites for hydroxylation is 3. The first kappa shape index (κ1) is 18.0. The molecule has 5 nitrogen and oxygen atoms in total. The van der Waals surface area contributed by atoms with Crippen LogP contribution in [0.15, 0.2) is 42.5 Å². The van der Waals surface area contributed by atoms with Crippen LogP contribution in [0, 0.1) is 20.8 Å². The number of urea groups is 1. The van der Waals surface area contributed by atoms with Crippen LogP contribution >= 0.6 is 0 Å². The van der Waals surface area contributed by atoms with E-state index in [9.17, 15) is 13.2 Å². The normalized spacial score (nSPS) is 23.7. The van der Waals surface area contributed by atoms with Gasteiger partial charge in [-0.25, -0.2) is 13.2 Å². The van der Waals surface area contributed by atoms with E-state index < -0.39 is 9.84 Å². The lowest BCUT2D eigenvalue weighted by Gasteiger charge is -2.23. The molecular weight excluding hydrogens is 360 g/mol. The second kappa shape index (κ2) is 6.37. The summed E-state index contributed by atoms with van der Waals surface area (Å²) in [5.41, 5.74) is 5.06. The number of benzene rings is 2. The zero-order valence-corrected chi connectivity index (χ0v) is 16.7. The summed E-state index contributed by atoms with van der Waals surface area (Å²) in [4.78, 5) is 16.7. The molecule has 27 heavy (non-hydrogen) atoms. The Bertz CT molecular complexity index is 996. The molecule has 2 aromatic carbocycles. The summed E-state index contributed by atoms with van der Waals surface area (Å²) in [5.74, 6) is 0.0667. The first-order chi connectivity index (χ1) is 12.7. The minimum atomic E-state index is -3.16. The maximum Gasteiger partial charge on any atom is 0.325 e. The number of carbonyl (C=O) groups excluding carboxylic acids is 1. The summed E-state index contributed by atoms with van der Waals surface area (Å²) in [7, 11) is -3.16. The van der Waals surface area contributed by atoms with Gasteiger partial charge in [-0.2, -0.15) is 0 Å². The van der Waals surface area contributed by atoms with Crippen LogP contribution < -0.4 is 4.90 Å². The highest BCUT2D eigenvalue weighted by Crippen LogP contribution is 2.36. The summed E-state index contributed by atoms with van der Waals surface area (Å²) < 4.78 is 24.7. The molecule has 0 N–H and O–H groups in total. The molecule has 2 aliphatic heterocycles. The van der Waals surface area contributed by atoms with E-state index in [4.69, 9.17) is 0 Å². The summed E-state index contributed by atoms with van der Waals surface area (Å²) in [6.07, 6.45) is 0. The molecule has 0 saturated carbocycles. The average molecular weight is 385 g/mol. The fourth-order valence-electron chi connectivity index (χ4n) is 4.36. The number of hydrogen-bond donors (Lipinski definition) is 0. The Morgan fingerprint density at radius 1 is 0.926 bits per heavy atom. The van der Waals surface area contributed by atoms with Crippen molar-refractivity contribution < 1.29 is 13.2 Å². The molecule has 2 saturated heterocycles. The van der Waals surface area contributed by atoms with E-state index in [0.717, 1.165) is 27.9 Å². The number of carbonyl (C=O) groups is 1. The molecule has 6 heteroatoms. The van der Waals surface area contributed by atoms with E-state index in [2.05, 4.69) is 6.07 Å². The second-order valence-corrected chi connectivity index (χ2v) is 9.98. The van der Waals surface area contributed by atoms with Gasteiger partial charge >= 0.3 is 6.03 Å². The van der Waals surface area contributed by atoms with Crippen molar-refractivity contribution in [2.45, 2.75) is 39.4 Å². The molecule has 0 radical (unpaired) electrons. The van der Waals surface area contributed by atoms with Crippen molar-refractivity contribution in [1.29, 1.82) is 0 Å². The van der Waals surface area contributed by atoms with Crippen LogP contribution in [0.25, 0.3) is 0 Å². The van der Waals surface area contributed by atoms with E-state index in [1.165, 1.54) is 0 Å². The lowest BCUT2D eigenvalue weighted by atomic mass is 10.1. The third kappa shape index (κ3) is 3.34. The molecule has 2 heterocycles. The molecule has 2 amide bonds. The minimum absolute atomic E-state index is 0.0285. The van der Waals surface area contributed by atoms with Crippen molar-refractivity contribution in [3.63, 3.8) is 0 Å². The molecule has 0 aromatic heterocycles. The predicted octanol–water partition coefficient (Wildman–Crippen LogP) is 3.22. The van der Waals surface area contributed by atoms with E-state index in [1.54, 1.807) is 9.80 Å². The number of anilines is 1. The lowest BCUT2D eigenvalue weighted by molar-refractivity contribution is 0.206. The Hall–Kier alpha value is -2.34. The highest BCUT2D eigenvalue weighted by molar-refractivity contribution is 7.91. The van der Waals surface area contributed by atoms with E-state index in [0.29, 0.717) is 6.54 Å². The standard InChI is InChI=1S/C21H24N2O3S/c1-14-5-4-6-17(8-14)11-22-19-12-27(25,26)13-20(19)23(21(22)24)18-9-15(2)7-16(3)10-18/h4-10,19-20H,11-13H2,1-3H3/t19-,20-/m1/s1. The van der Waals surface area contributed by atoms with E-state index in [-0.39, 0.29) is 29.6 Å². The number of amides is 2. The van der Waals surface area contributed by atoms with Gasteiger partial charge in [-0.1, -0.05) is 35.9 Å². The Morgan fingerprint density at radius 2 is 1.59 bits per heavy atom. The quantitative estimate of drug-likeness (QED) is 0.764. The molecular formula is C21H24N2O3S. The summed E-state index contributed by atoms with van der Waals surface area (Å²) in [5, 5.41) is 0. The third-order valence-corrected chi connectivity index (χ3v) is 7.10. The van der Waals surface area contributed by atoms with E-state index in [1.807, 2.05) is 57.2 Å². The minimum Gasteiger partial charge on any atom is -0.314 e. The Morgan fingerprint density at radius 3 is 2.26 bits per heavy atom. The summed E-state index contributed by atoms with van der Waals surface area (Å²) in [6.45, 7) is 6.42. The fourth-order valence-corrected chi connectivity index (χ4v) is 6.31. The second-order valence-electron chi connectivity index (χ2n) is 7.83. The van der Waals surface area contributed by atoms with Gasteiger partial charge in [0, 0.05) is 12.2 Å². The molecule has 142 valence electrons. The van der Waals surface area contributed by atoms with Gasteiger partial charge in [0.25, 0.3) is 0 Å². The SMILES string of the molecule is Cc1cccc(CN2C(=O)N(c3cc(C)cc(C)c3)[C@@H]3CS(=O)(=O)C[C@H]32)c1. The first-order valence-corrected chi connectivity index (χ1v) is 11.0. The summed E-state index contributed by atoms with van der Waals surface area (Å²) >= 11 is 0. The van der Waals surface area contributed by atoms with Crippen molar-refractivity contribution in [2.24, 2.45) is 0 Å². The zero-order chi connectivity index (χ0) is 19.3. The number of hydrogen-bond acceptors (Lipinski definition) is 3. The van der Waals surface area contributed by atoms with Crippen LogP contribution in [-0.4, -0.2) is 42.9 Å². The van der Waals surface area contributed by atoms with Crippen molar-refractivity contribution in [3.05, 3.63) is 64.7 Å². The Balaban J connectivity index is 1.73. The average Bonchev–Trinajstić information content (AvgIpc) is 2.98. The van der Waals surface area contributed by atoms with Gasteiger partial charge < -0.3 is 4.90 Å². The topological polar surface area (TPSA) is 57.7 Å². The van der Waals surface area contributed by atoms with Gasteiger partial charge in [0.2, 0.25) is 0 Å². The van der Waals surface area contributed by atoms with Gasteiger partial charge in [-0.15, -0.1) is 0 Å². The molecule has 0 bridgehead atoms. The van der Waals surface area contributed by atoms with Gasteiger partial charge in [0.05, 0.1) is 23.6 Å². The van der Waals surface area contributed by atoms with Crippen molar-refractivity contribution in [1.82, 2.24) is 4.90 Å². The fraction of sp³-hybridized carbons (Fsp3) is 0.381. The molecule has 2 atom stereocenters. The monoisotopic (exact) mass is 384 g/mol. The van der Waals surface area contributed by atoms with Crippen LogP contribution in [0.2, 0.25) is 0 Å². The zero-order valence-electron chi connectivity index (χ0n) is 15.8. The first-order valence-electron chi connectivity index (χ1n) is 9.18. The summed E-state index contributed by atoms with van der Waals surface area (Å²) in [6, 6.07) is 13.3. The van der Waals surface area contributed by atoms with Crippen LogP contribution in [-0.2, 0) is 16.4 Å². The third-order valence-electron chi connectivity index (χ3n) is 5.40. The number of nitrogens with zero attached hydrogens (tertiary/aromatic N) is 2. The van der Waals surface area contributed by atoms with Crippen LogP contribution in [0.3, 0.4) is 0 Å². The maximum absolute atomic E-state index is 13.3.